The molecule has 1 amide bonds. The molecule has 2 aromatic carbocycles. The number of carbonyl (C=O) groups excluding carboxylic acids is 1. The Labute approximate surface area is 190 Å². The van der Waals surface area contributed by atoms with Gasteiger partial charge in [0.15, 0.2) is 0 Å². The summed E-state index contributed by atoms with van der Waals surface area (Å²) in [4.78, 5) is 16.5. The summed E-state index contributed by atoms with van der Waals surface area (Å²) in [6.07, 6.45) is 0.842. The molecule has 0 saturated heterocycles. The molecule has 0 radical (unpaired) electrons. The number of nitrogens with one attached hydrogen (secondary N) is 1. The van der Waals surface area contributed by atoms with Gasteiger partial charge in [0.05, 0.1) is 24.3 Å². The van der Waals surface area contributed by atoms with Crippen LogP contribution in [0.5, 0.6) is 5.75 Å². The normalized spacial score (nSPS) is 14.6. The highest BCUT2D eigenvalue weighted by Gasteiger charge is 2.28. The standard InChI is InChI=1S/C24H24N4O5/c1-14(2)32-21-9-6-15(12-16(21)13-25)23-27-22(28-33-23)19-5-3-4-18-17(19)7-8-20(18)26-24(30)31-11-10-29/h3-6,9,12,14,20,29H,7-8,10-11H2,1-2H3,(H,26,30)/t20-/m0/s1. The Balaban J connectivity index is 1.58. The number of rotatable bonds is 7. The number of amides is 1. The van der Waals surface area contributed by atoms with Crippen LogP contribution in [-0.4, -0.2) is 40.7 Å². The van der Waals surface area contributed by atoms with Gasteiger partial charge in [-0.3, -0.25) is 0 Å². The van der Waals surface area contributed by atoms with E-state index in [1.54, 1.807) is 18.2 Å². The zero-order valence-corrected chi connectivity index (χ0v) is 18.4. The molecule has 0 saturated carbocycles. The maximum Gasteiger partial charge on any atom is 0.407 e. The average Bonchev–Trinajstić information content (AvgIpc) is 3.45. The highest BCUT2D eigenvalue weighted by Crippen LogP contribution is 2.37. The molecule has 0 spiro atoms. The second kappa shape index (κ2) is 9.71. The van der Waals surface area contributed by atoms with Crippen LogP contribution in [0.4, 0.5) is 4.79 Å². The van der Waals surface area contributed by atoms with Crippen molar-refractivity contribution in [2.24, 2.45) is 0 Å². The van der Waals surface area contributed by atoms with E-state index in [-0.39, 0.29) is 25.4 Å². The number of fused-ring (bicyclic) bond motifs is 1. The van der Waals surface area contributed by atoms with Crippen molar-refractivity contribution >= 4 is 6.09 Å². The summed E-state index contributed by atoms with van der Waals surface area (Å²) in [5, 5.41) is 25.3. The van der Waals surface area contributed by atoms with Gasteiger partial charge >= 0.3 is 6.09 Å². The van der Waals surface area contributed by atoms with E-state index in [1.165, 1.54) is 0 Å². The molecule has 3 aromatic rings. The molecule has 0 unspecified atom stereocenters. The Morgan fingerprint density at radius 1 is 1.36 bits per heavy atom. The Bertz CT molecular complexity index is 1200. The van der Waals surface area contributed by atoms with Crippen molar-refractivity contribution in [2.75, 3.05) is 13.2 Å². The molecule has 1 heterocycles. The van der Waals surface area contributed by atoms with Crippen molar-refractivity contribution in [2.45, 2.75) is 38.8 Å². The van der Waals surface area contributed by atoms with Gasteiger partial charge in [0.1, 0.15) is 18.4 Å². The maximum atomic E-state index is 11.9. The third-order valence-electron chi connectivity index (χ3n) is 5.26. The van der Waals surface area contributed by atoms with Gasteiger partial charge in [-0.1, -0.05) is 23.4 Å². The number of hydrogen-bond acceptors (Lipinski definition) is 8. The van der Waals surface area contributed by atoms with Gasteiger partial charge in [-0.15, -0.1) is 0 Å². The smallest absolute Gasteiger partial charge is 0.407 e. The van der Waals surface area contributed by atoms with Gasteiger partial charge in [0, 0.05) is 11.1 Å². The maximum absolute atomic E-state index is 11.9. The van der Waals surface area contributed by atoms with Crippen molar-refractivity contribution in [3.05, 3.63) is 53.1 Å². The number of aliphatic hydroxyl groups excluding tert-OH is 1. The van der Waals surface area contributed by atoms with Crippen molar-refractivity contribution in [3.8, 4) is 34.7 Å². The molecule has 0 aliphatic heterocycles. The third-order valence-corrected chi connectivity index (χ3v) is 5.26. The van der Waals surface area contributed by atoms with E-state index in [9.17, 15) is 10.1 Å². The minimum Gasteiger partial charge on any atom is -0.490 e. The first-order valence-electron chi connectivity index (χ1n) is 10.7. The summed E-state index contributed by atoms with van der Waals surface area (Å²) in [7, 11) is 0. The minimum atomic E-state index is -0.563. The van der Waals surface area contributed by atoms with E-state index in [4.69, 9.17) is 19.1 Å². The second-order valence-corrected chi connectivity index (χ2v) is 7.88. The van der Waals surface area contributed by atoms with Crippen molar-refractivity contribution < 1.29 is 23.9 Å². The number of aromatic nitrogens is 2. The average molecular weight is 448 g/mol. The quantitative estimate of drug-likeness (QED) is 0.559. The molecule has 1 aliphatic carbocycles. The van der Waals surface area contributed by atoms with Crippen LogP contribution in [0.25, 0.3) is 22.8 Å². The molecular formula is C24H24N4O5. The minimum absolute atomic E-state index is 0.0465. The predicted octanol–water partition coefficient (Wildman–Crippen LogP) is 3.77. The van der Waals surface area contributed by atoms with E-state index in [1.807, 2.05) is 32.0 Å². The first-order chi connectivity index (χ1) is 16.0. The molecule has 33 heavy (non-hydrogen) atoms. The molecule has 4 rings (SSSR count). The zero-order chi connectivity index (χ0) is 23.4. The van der Waals surface area contributed by atoms with Crippen LogP contribution in [0, 0.1) is 11.3 Å². The van der Waals surface area contributed by atoms with E-state index >= 15 is 0 Å². The largest absolute Gasteiger partial charge is 0.490 e. The van der Waals surface area contributed by atoms with E-state index in [0.29, 0.717) is 35.0 Å². The molecule has 1 aliphatic rings. The van der Waals surface area contributed by atoms with Crippen LogP contribution in [0.1, 0.15) is 43.0 Å². The molecule has 1 aromatic heterocycles. The van der Waals surface area contributed by atoms with Gasteiger partial charge in [0.25, 0.3) is 5.89 Å². The number of ether oxygens (including phenoxy) is 2. The Kier molecular flexibility index (Phi) is 6.56. The lowest BCUT2D eigenvalue weighted by atomic mass is 10.0. The number of carbonyl (C=O) groups is 1. The van der Waals surface area contributed by atoms with Crippen molar-refractivity contribution in [3.63, 3.8) is 0 Å². The van der Waals surface area contributed by atoms with Gasteiger partial charge < -0.3 is 24.4 Å². The lowest BCUT2D eigenvalue weighted by Crippen LogP contribution is -2.28. The molecule has 0 fully saturated rings. The SMILES string of the molecule is CC(C)Oc1ccc(-c2nc(-c3cccc4c3CC[C@@H]4NC(=O)OCCO)no2)cc1C#N. The number of alkyl carbamates (subject to hydrolysis) is 1. The molecular weight excluding hydrogens is 424 g/mol. The third kappa shape index (κ3) is 4.81. The zero-order valence-electron chi connectivity index (χ0n) is 18.4. The van der Waals surface area contributed by atoms with Crippen LogP contribution in [0.2, 0.25) is 0 Å². The van der Waals surface area contributed by atoms with Crippen LogP contribution in [0.15, 0.2) is 40.9 Å². The molecule has 9 heteroatoms. The highest BCUT2D eigenvalue weighted by molar-refractivity contribution is 5.70. The lowest BCUT2D eigenvalue weighted by molar-refractivity contribution is 0.116. The molecule has 0 bridgehead atoms. The van der Waals surface area contributed by atoms with Crippen LogP contribution in [-0.2, 0) is 11.2 Å². The molecule has 2 N–H and O–H groups in total. The topological polar surface area (TPSA) is 130 Å². The number of aliphatic hydroxyl groups is 1. The summed E-state index contributed by atoms with van der Waals surface area (Å²) in [6, 6.07) is 12.9. The summed E-state index contributed by atoms with van der Waals surface area (Å²) in [5.41, 5.74) is 3.86. The fourth-order valence-corrected chi connectivity index (χ4v) is 3.89. The second-order valence-electron chi connectivity index (χ2n) is 7.88. The summed E-state index contributed by atoms with van der Waals surface area (Å²) in [5.74, 6) is 1.25. The highest BCUT2D eigenvalue weighted by atomic mass is 16.6. The predicted molar refractivity (Wildman–Crippen MR) is 118 cm³/mol. The number of nitriles is 1. The summed E-state index contributed by atoms with van der Waals surface area (Å²) >= 11 is 0. The fourth-order valence-electron chi connectivity index (χ4n) is 3.89. The van der Waals surface area contributed by atoms with Gasteiger partial charge in [-0.25, -0.2) is 4.79 Å². The Morgan fingerprint density at radius 3 is 2.97 bits per heavy atom. The lowest BCUT2D eigenvalue weighted by Gasteiger charge is -2.14. The molecule has 1 atom stereocenters. The summed E-state index contributed by atoms with van der Waals surface area (Å²) in [6.45, 7) is 3.53. The first kappa shape index (κ1) is 22.3. The first-order valence-corrected chi connectivity index (χ1v) is 10.7. The van der Waals surface area contributed by atoms with Crippen LogP contribution >= 0.6 is 0 Å². The van der Waals surface area contributed by atoms with Crippen LogP contribution < -0.4 is 10.1 Å². The summed E-state index contributed by atoms with van der Waals surface area (Å²) < 4.78 is 16.1. The monoisotopic (exact) mass is 448 g/mol. The van der Waals surface area contributed by atoms with Crippen molar-refractivity contribution in [1.29, 1.82) is 5.26 Å². The van der Waals surface area contributed by atoms with Gasteiger partial charge in [0.2, 0.25) is 5.82 Å². The van der Waals surface area contributed by atoms with Crippen LogP contribution in [0.3, 0.4) is 0 Å². The fraction of sp³-hybridized carbons (Fsp3) is 0.333. The Hall–Kier alpha value is -3.90. The van der Waals surface area contributed by atoms with Gasteiger partial charge in [-0.2, -0.15) is 10.2 Å². The van der Waals surface area contributed by atoms with Gasteiger partial charge in [-0.05, 0) is 56.0 Å². The van der Waals surface area contributed by atoms with Crippen molar-refractivity contribution in [1.82, 2.24) is 15.5 Å². The molecule has 9 nitrogen and oxygen atoms in total. The molecule has 170 valence electrons. The van der Waals surface area contributed by atoms with E-state index in [2.05, 4.69) is 21.5 Å². The van der Waals surface area contributed by atoms with E-state index in [0.717, 1.165) is 23.1 Å². The number of nitrogens with zero attached hydrogens (tertiary/aromatic N) is 3. The number of hydrogen-bond donors (Lipinski definition) is 2. The number of benzene rings is 2. The Morgan fingerprint density at radius 2 is 2.21 bits per heavy atom. The van der Waals surface area contributed by atoms with E-state index < -0.39 is 6.09 Å².